The van der Waals surface area contributed by atoms with E-state index in [4.69, 9.17) is 0 Å². The third-order valence-corrected chi connectivity index (χ3v) is 3.76. The zero-order chi connectivity index (χ0) is 12.3. The van der Waals surface area contributed by atoms with Crippen molar-refractivity contribution >= 4 is 27.3 Å². The van der Waals surface area contributed by atoms with Crippen LogP contribution in [0.2, 0.25) is 0 Å². The zero-order valence-electron chi connectivity index (χ0n) is 9.28. The summed E-state index contributed by atoms with van der Waals surface area (Å²) in [5, 5.41) is 5.36. The molecule has 0 saturated carbocycles. The van der Waals surface area contributed by atoms with Gasteiger partial charge in [-0.05, 0) is 40.5 Å². The van der Waals surface area contributed by atoms with Crippen LogP contribution >= 0.6 is 27.3 Å². The third-order valence-electron chi connectivity index (χ3n) is 2.52. The maximum Gasteiger partial charge on any atom is 0.137 e. The minimum atomic E-state index is -0.236. The van der Waals surface area contributed by atoms with Gasteiger partial charge in [-0.25, -0.2) is 9.37 Å². The largest absolute Gasteiger partial charge is 0.305 e. The molecule has 5 heteroatoms. The van der Waals surface area contributed by atoms with Gasteiger partial charge in [0.1, 0.15) is 5.82 Å². The van der Waals surface area contributed by atoms with Crippen LogP contribution in [0.5, 0.6) is 0 Å². The second-order valence-electron chi connectivity index (χ2n) is 3.76. The molecule has 0 spiro atoms. The maximum absolute atomic E-state index is 13.1. The average molecular weight is 315 g/mol. The van der Waals surface area contributed by atoms with Crippen LogP contribution in [0, 0.1) is 5.82 Å². The number of hydrogen-bond acceptors (Lipinski definition) is 3. The van der Waals surface area contributed by atoms with Gasteiger partial charge in [0.25, 0.3) is 0 Å². The number of nitrogens with zero attached hydrogens (tertiary/aromatic N) is 1. The van der Waals surface area contributed by atoms with Gasteiger partial charge in [-0.3, -0.25) is 0 Å². The fraction of sp³-hybridized carbons (Fsp3) is 0.250. The van der Waals surface area contributed by atoms with E-state index in [9.17, 15) is 4.39 Å². The lowest BCUT2D eigenvalue weighted by Gasteiger charge is -2.13. The van der Waals surface area contributed by atoms with Crippen LogP contribution < -0.4 is 5.32 Å². The molecule has 0 aliphatic heterocycles. The molecule has 90 valence electrons. The molecule has 0 saturated heterocycles. The standard InChI is InChI=1S/C12H12BrFN2S/c1-8(15-5-10-6-17-7-16-10)9-2-3-12(14)11(13)4-9/h2-4,6-8,15H,5H2,1H3. The van der Waals surface area contributed by atoms with E-state index >= 15 is 0 Å². The van der Waals surface area contributed by atoms with Crippen LogP contribution in [-0.4, -0.2) is 4.98 Å². The fourth-order valence-electron chi connectivity index (χ4n) is 1.48. The summed E-state index contributed by atoms with van der Waals surface area (Å²) >= 11 is 4.77. The molecule has 0 aliphatic rings. The smallest absolute Gasteiger partial charge is 0.137 e. The first-order valence-electron chi connectivity index (χ1n) is 5.22. The number of rotatable bonds is 4. The van der Waals surface area contributed by atoms with Gasteiger partial charge in [-0.1, -0.05) is 6.07 Å². The van der Waals surface area contributed by atoms with Crippen LogP contribution in [0.3, 0.4) is 0 Å². The molecule has 2 aromatic rings. The molecule has 1 N–H and O–H groups in total. The number of benzene rings is 1. The van der Waals surface area contributed by atoms with Crippen molar-refractivity contribution in [2.45, 2.75) is 19.5 Å². The van der Waals surface area contributed by atoms with Gasteiger partial charge in [0.05, 0.1) is 15.7 Å². The Bertz CT molecular complexity index is 487. The first-order chi connectivity index (χ1) is 8.16. The summed E-state index contributed by atoms with van der Waals surface area (Å²) in [7, 11) is 0. The predicted octanol–water partition coefficient (Wildman–Crippen LogP) is 3.90. The van der Waals surface area contributed by atoms with Crippen LogP contribution in [0.15, 0.2) is 33.6 Å². The van der Waals surface area contributed by atoms with E-state index in [0.717, 1.165) is 17.8 Å². The molecule has 0 bridgehead atoms. The molecule has 2 rings (SSSR count). The van der Waals surface area contributed by atoms with Gasteiger partial charge >= 0.3 is 0 Å². The van der Waals surface area contributed by atoms with Crippen molar-refractivity contribution in [1.29, 1.82) is 0 Å². The molecular formula is C12H12BrFN2S. The Hall–Kier alpha value is -0.780. The van der Waals surface area contributed by atoms with Crippen molar-refractivity contribution < 1.29 is 4.39 Å². The second kappa shape index (κ2) is 5.71. The van der Waals surface area contributed by atoms with E-state index in [2.05, 4.69) is 26.2 Å². The summed E-state index contributed by atoms with van der Waals surface area (Å²) in [6.45, 7) is 2.77. The van der Waals surface area contributed by atoms with Crippen molar-refractivity contribution in [3.8, 4) is 0 Å². The Kier molecular flexibility index (Phi) is 4.25. The summed E-state index contributed by atoms with van der Waals surface area (Å²) in [6.07, 6.45) is 0. The number of aromatic nitrogens is 1. The zero-order valence-corrected chi connectivity index (χ0v) is 11.7. The Morgan fingerprint density at radius 2 is 2.35 bits per heavy atom. The van der Waals surface area contributed by atoms with Crippen molar-refractivity contribution in [2.24, 2.45) is 0 Å². The van der Waals surface area contributed by atoms with E-state index in [0.29, 0.717) is 4.47 Å². The molecule has 1 atom stereocenters. The summed E-state index contributed by atoms with van der Waals surface area (Å²) in [5.41, 5.74) is 3.90. The van der Waals surface area contributed by atoms with Gasteiger partial charge in [0.15, 0.2) is 0 Å². The van der Waals surface area contributed by atoms with Crippen molar-refractivity contribution in [3.05, 3.63) is 50.6 Å². The molecule has 0 aliphatic carbocycles. The summed E-state index contributed by atoms with van der Waals surface area (Å²) < 4.78 is 13.6. The quantitative estimate of drug-likeness (QED) is 0.926. The van der Waals surface area contributed by atoms with Crippen LogP contribution in [0.1, 0.15) is 24.2 Å². The highest BCUT2D eigenvalue weighted by Gasteiger charge is 2.08. The van der Waals surface area contributed by atoms with E-state index in [1.165, 1.54) is 6.07 Å². The Morgan fingerprint density at radius 1 is 1.53 bits per heavy atom. The molecule has 17 heavy (non-hydrogen) atoms. The second-order valence-corrected chi connectivity index (χ2v) is 5.33. The van der Waals surface area contributed by atoms with Crippen molar-refractivity contribution in [3.63, 3.8) is 0 Å². The fourth-order valence-corrected chi connectivity index (χ4v) is 2.44. The number of halogens is 2. The number of hydrogen-bond donors (Lipinski definition) is 1. The topological polar surface area (TPSA) is 24.9 Å². The average Bonchev–Trinajstić information content (AvgIpc) is 2.82. The summed E-state index contributed by atoms with van der Waals surface area (Å²) in [6, 6.07) is 5.22. The van der Waals surface area contributed by atoms with E-state index in [1.807, 2.05) is 17.8 Å². The Balaban J connectivity index is 1.99. The minimum Gasteiger partial charge on any atom is -0.305 e. The summed E-state index contributed by atoms with van der Waals surface area (Å²) in [4.78, 5) is 4.20. The van der Waals surface area contributed by atoms with Crippen LogP contribution in [-0.2, 0) is 6.54 Å². The molecule has 1 aromatic carbocycles. The third kappa shape index (κ3) is 3.34. The molecule has 0 fully saturated rings. The first kappa shape index (κ1) is 12.7. The van der Waals surface area contributed by atoms with Crippen LogP contribution in [0.4, 0.5) is 4.39 Å². The molecular weight excluding hydrogens is 303 g/mol. The highest BCUT2D eigenvalue weighted by Crippen LogP contribution is 2.21. The van der Waals surface area contributed by atoms with E-state index < -0.39 is 0 Å². The molecule has 1 heterocycles. The van der Waals surface area contributed by atoms with Gasteiger partial charge in [0, 0.05) is 18.0 Å². The first-order valence-corrected chi connectivity index (χ1v) is 6.96. The molecule has 0 radical (unpaired) electrons. The summed E-state index contributed by atoms with van der Waals surface area (Å²) in [5.74, 6) is -0.236. The lowest BCUT2D eigenvalue weighted by atomic mass is 10.1. The minimum absolute atomic E-state index is 0.161. The Labute approximate surface area is 112 Å². The highest BCUT2D eigenvalue weighted by molar-refractivity contribution is 9.10. The number of thiazole rings is 1. The van der Waals surface area contributed by atoms with Crippen molar-refractivity contribution in [2.75, 3.05) is 0 Å². The van der Waals surface area contributed by atoms with Crippen LogP contribution in [0.25, 0.3) is 0 Å². The van der Waals surface area contributed by atoms with Crippen molar-refractivity contribution in [1.82, 2.24) is 10.3 Å². The van der Waals surface area contributed by atoms with Gasteiger partial charge in [-0.2, -0.15) is 0 Å². The van der Waals surface area contributed by atoms with Gasteiger partial charge in [0.2, 0.25) is 0 Å². The molecule has 1 aromatic heterocycles. The SMILES string of the molecule is CC(NCc1cscn1)c1ccc(F)c(Br)c1. The lowest BCUT2D eigenvalue weighted by Crippen LogP contribution is -2.18. The molecule has 1 unspecified atom stereocenters. The van der Waals surface area contributed by atoms with Gasteiger partial charge in [-0.15, -0.1) is 11.3 Å². The highest BCUT2D eigenvalue weighted by atomic mass is 79.9. The normalized spacial score (nSPS) is 12.6. The van der Waals surface area contributed by atoms with Gasteiger partial charge < -0.3 is 5.32 Å². The monoisotopic (exact) mass is 314 g/mol. The predicted molar refractivity (Wildman–Crippen MR) is 71.5 cm³/mol. The lowest BCUT2D eigenvalue weighted by molar-refractivity contribution is 0.565. The van der Waals surface area contributed by atoms with E-state index in [1.54, 1.807) is 23.5 Å². The Morgan fingerprint density at radius 3 is 3.00 bits per heavy atom. The maximum atomic E-state index is 13.1. The number of nitrogens with one attached hydrogen (secondary N) is 1. The molecule has 2 nitrogen and oxygen atoms in total. The molecule has 0 amide bonds. The van der Waals surface area contributed by atoms with E-state index in [-0.39, 0.29) is 11.9 Å².